The summed E-state index contributed by atoms with van der Waals surface area (Å²) in [7, 11) is -2.44. The number of hydrogen-bond acceptors (Lipinski definition) is 4. The second kappa shape index (κ2) is 7.27. The lowest BCUT2D eigenvalue weighted by molar-refractivity contribution is 0.0541. The summed E-state index contributed by atoms with van der Waals surface area (Å²) in [4.78, 5) is -0.255. The van der Waals surface area contributed by atoms with Crippen LogP contribution in [0.25, 0.3) is 0 Å². The average molecular weight is 359 g/mol. The van der Waals surface area contributed by atoms with E-state index in [-0.39, 0.29) is 10.6 Å². The molecule has 0 bridgehead atoms. The molecule has 6 nitrogen and oxygen atoms in total. The van der Waals surface area contributed by atoms with Crippen molar-refractivity contribution in [2.45, 2.75) is 37.8 Å². The van der Waals surface area contributed by atoms with Gasteiger partial charge in [0.1, 0.15) is 10.6 Å². The summed E-state index contributed by atoms with van der Waals surface area (Å²) in [5.41, 5.74) is 0.642. The van der Waals surface area contributed by atoms with Crippen LogP contribution in [0.3, 0.4) is 0 Å². The van der Waals surface area contributed by atoms with Crippen molar-refractivity contribution >= 4 is 10.0 Å². The molecule has 2 rings (SSSR count). The third-order valence-electron chi connectivity index (χ3n) is 3.70. The van der Waals surface area contributed by atoms with Crippen molar-refractivity contribution in [3.05, 3.63) is 41.7 Å². The van der Waals surface area contributed by atoms with Crippen LogP contribution in [0.5, 0.6) is 5.75 Å². The van der Waals surface area contributed by atoms with Crippen molar-refractivity contribution in [2.24, 2.45) is 0 Å². The standard InChI is InChI=1S/C15H19F2N3O3S/c1-4-13(11-5-7-12(23-3)8-6-11)19-24(21,22)14-9-18-20(10(14)2)15(16)17/h5-9,13,15,19H,4H2,1-3H3. The molecule has 1 atom stereocenters. The minimum Gasteiger partial charge on any atom is -0.497 e. The number of aromatic nitrogens is 2. The molecule has 0 saturated heterocycles. The second-order valence-corrected chi connectivity index (χ2v) is 6.85. The zero-order chi connectivity index (χ0) is 17.9. The summed E-state index contributed by atoms with van der Waals surface area (Å²) in [6, 6.07) is 6.48. The molecule has 0 aliphatic heterocycles. The Morgan fingerprint density at radius 3 is 2.38 bits per heavy atom. The van der Waals surface area contributed by atoms with Crippen LogP contribution in [-0.4, -0.2) is 25.3 Å². The molecule has 9 heteroatoms. The molecule has 0 fully saturated rings. The number of hydrogen-bond donors (Lipinski definition) is 1. The Morgan fingerprint density at radius 1 is 1.29 bits per heavy atom. The van der Waals surface area contributed by atoms with Gasteiger partial charge in [-0.25, -0.2) is 17.8 Å². The number of rotatable bonds is 7. The van der Waals surface area contributed by atoms with Crippen LogP contribution >= 0.6 is 0 Å². The maximum atomic E-state index is 12.8. The largest absolute Gasteiger partial charge is 0.497 e. The Balaban J connectivity index is 2.28. The lowest BCUT2D eigenvalue weighted by atomic mass is 10.1. The lowest BCUT2D eigenvalue weighted by Crippen LogP contribution is -2.28. The van der Waals surface area contributed by atoms with Crippen LogP contribution in [0.4, 0.5) is 8.78 Å². The van der Waals surface area contributed by atoms with Gasteiger partial charge in [0.25, 0.3) is 0 Å². The van der Waals surface area contributed by atoms with E-state index in [1.165, 1.54) is 6.92 Å². The van der Waals surface area contributed by atoms with Crippen molar-refractivity contribution in [2.75, 3.05) is 7.11 Å². The second-order valence-electron chi connectivity index (χ2n) is 5.17. The van der Waals surface area contributed by atoms with Gasteiger partial charge in [-0.15, -0.1) is 0 Å². The van der Waals surface area contributed by atoms with Crippen molar-refractivity contribution in [3.8, 4) is 5.75 Å². The fourth-order valence-electron chi connectivity index (χ4n) is 2.34. The summed E-state index contributed by atoms with van der Waals surface area (Å²) in [5.74, 6) is 0.658. The highest BCUT2D eigenvalue weighted by Crippen LogP contribution is 2.25. The van der Waals surface area contributed by atoms with Crippen LogP contribution in [-0.2, 0) is 10.0 Å². The number of ether oxygens (including phenoxy) is 1. The van der Waals surface area contributed by atoms with Crippen molar-refractivity contribution in [3.63, 3.8) is 0 Å². The molecule has 24 heavy (non-hydrogen) atoms. The fraction of sp³-hybridized carbons (Fsp3) is 0.400. The Bertz CT molecular complexity index is 789. The zero-order valence-electron chi connectivity index (χ0n) is 13.5. The Labute approximate surface area is 139 Å². The highest BCUT2D eigenvalue weighted by molar-refractivity contribution is 7.89. The summed E-state index contributed by atoms with van der Waals surface area (Å²) in [5, 5.41) is 3.44. The predicted octanol–water partition coefficient (Wildman–Crippen LogP) is 3.02. The first-order valence-corrected chi connectivity index (χ1v) is 8.77. The van der Waals surface area contributed by atoms with E-state index < -0.39 is 22.6 Å². The maximum Gasteiger partial charge on any atom is 0.333 e. The van der Waals surface area contributed by atoms with Crippen molar-refractivity contribution < 1.29 is 21.9 Å². The highest BCUT2D eigenvalue weighted by Gasteiger charge is 2.26. The molecule has 132 valence electrons. The number of alkyl halides is 2. The van der Waals surface area contributed by atoms with Gasteiger partial charge in [-0.2, -0.15) is 13.9 Å². The molecule has 1 unspecified atom stereocenters. The quantitative estimate of drug-likeness (QED) is 0.825. The smallest absolute Gasteiger partial charge is 0.333 e. The van der Waals surface area contributed by atoms with Gasteiger partial charge in [0, 0.05) is 6.04 Å². The third kappa shape index (κ3) is 3.73. The highest BCUT2D eigenvalue weighted by atomic mass is 32.2. The van der Waals surface area contributed by atoms with Gasteiger partial charge < -0.3 is 4.74 Å². The molecular formula is C15H19F2N3O3S. The van der Waals surface area contributed by atoms with Crippen LogP contribution in [0.1, 0.15) is 37.2 Å². The van der Waals surface area contributed by atoms with Crippen LogP contribution in [0.15, 0.2) is 35.4 Å². The van der Waals surface area contributed by atoms with E-state index in [1.807, 2.05) is 6.92 Å². The Morgan fingerprint density at radius 2 is 1.92 bits per heavy atom. The minimum atomic E-state index is -3.98. The SMILES string of the molecule is CCC(NS(=O)(=O)c1cnn(C(F)F)c1C)c1ccc(OC)cc1. The van der Waals surface area contributed by atoms with Gasteiger partial charge in [-0.05, 0) is 31.0 Å². The van der Waals surface area contributed by atoms with Crippen LogP contribution in [0.2, 0.25) is 0 Å². The average Bonchev–Trinajstić information content (AvgIpc) is 2.95. The predicted molar refractivity (Wildman–Crippen MR) is 84.6 cm³/mol. The molecule has 1 heterocycles. The van der Waals surface area contributed by atoms with Gasteiger partial charge >= 0.3 is 6.55 Å². The first-order valence-electron chi connectivity index (χ1n) is 7.28. The third-order valence-corrected chi connectivity index (χ3v) is 5.27. The monoisotopic (exact) mass is 359 g/mol. The van der Waals surface area contributed by atoms with E-state index >= 15 is 0 Å². The van der Waals surface area contributed by atoms with E-state index in [0.717, 1.165) is 11.8 Å². The molecule has 0 aliphatic rings. The molecule has 1 aromatic heterocycles. The van der Waals surface area contributed by atoms with Gasteiger partial charge in [0.05, 0.1) is 19.0 Å². The van der Waals surface area contributed by atoms with Gasteiger partial charge in [-0.1, -0.05) is 19.1 Å². The van der Waals surface area contributed by atoms with Gasteiger partial charge in [0.15, 0.2) is 0 Å². The molecule has 0 radical (unpaired) electrons. The van der Waals surface area contributed by atoms with E-state index in [9.17, 15) is 17.2 Å². The van der Waals surface area contributed by atoms with Crippen LogP contribution in [0, 0.1) is 6.92 Å². The molecule has 0 saturated carbocycles. The molecule has 1 aromatic carbocycles. The number of nitrogens with zero attached hydrogens (tertiary/aromatic N) is 2. The molecule has 0 spiro atoms. The van der Waals surface area contributed by atoms with E-state index in [0.29, 0.717) is 16.9 Å². The molecule has 0 aliphatic carbocycles. The Kier molecular flexibility index (Phi) is 5.55. The number of sulfonamides is 1. The maximum absolute atomic E-state index is 12.8. The number of nitrogens with one attached hydrogen (secondary N) is 1. The number of methoxy groups -OCH3 is 1. The fourth-order valence-corrected chi connectivity index (χ4v) is 3.81. The summed E-state index contributed by atoms with van der Waals surface area (Å²) < 4.78 is 58.6. The summed E-state index contributed by atoms with van der Waals surface area (Å²) in [6.45, 7) is 0.229. The molecule has 2 aromatic rings. The summed E-state index contributed by atoms with van der Waals surface area (Å²) in [6.07, 6.45) is 1.43. The van der Waals surface area contributed by atoms with E-state index in [4.69, 9.17) is 4.74 Å². The zero-order valence-corrected chi connectivity index (χ0v) is 14.3. The minimum absolute atomic E-state index is 0.109. The Hall–Kier alpha value is -2.00. The topological polar surface area (TPSA) is 73.2 Å². The van der Waals surface area contributed by atoms with Crippen molar-refractivity contribution in [1.82, 2.24) is 14.5 Å². The van der Waals surface area contributed by atoms with Gasteiger partial charge in [-0.3, -0.25) is 0 Å². The number of halogens is 2. The van der Waals surface area contributed by atoms with Crippen LogP contribution < -0.4 is 9.46 Å². The van der Waals surface area contributed by atoms with Crippen molar-refractivity contribution in [1.29, 1.82) is 0 Å². The first kappa shape index (κ1) is 18.3. The number of benzene rings is 1. The van der Waals surface area contributed by atoms with E-state index in [2.05, 4.69) is 9.82 Å². The lowest BCUT2D eigenvalue weighted by Gasteiger charge is -2.18. The molecule has 0 amide bonds. The normalized spacial score (nSPS) is 13.2. The van der Waals surface area contributed by atoms with E-state index in [1.54, 1.807) is 31.4 Å². The summed E-state index contributed by atoms with van der Waals surface area (Å²) >= 11 is 0. The first-order chi connectivity index (χ1) is 11.3. The molecular weight excluding hydrogens is 340 g/mol. The van der Waals surface area contributed by atoms with Gasteiger partial charge in [0.2, 0.25) is 10.0 Å². The molecule has 1 N–H and O–H groups in total.